The number of rotatable bonds is 2. The second kappa shape index (κ2) is 3.17. The second-order valence-electron chi connectivity index (χ2n) is 1.86. The van der Waals surface area contributed by atoms with Gasteiger partial charge in [-0.3, -0.25) is 4.99 Å². The molecule has 0 aliphatic heterocycles. The van der Waals surface area contributed by atoms with E-state index in [0.29, 0.717) is 11.5 Å². The molecule has 0 radical (unpaired) electrons. The van der Waals surface area contributed by atoms with Crippen molar-refractivity contribution in [3.05, 3.63) is 24.2 Å². The molecule has 0 bridgehead atoms. The van der Waals surface area contributed by atoms with Crippen LogP contribution in [-0.4, -0.2) is 17.5 Å². The van der Waals surface area contributed by atoms with E-state index in [9.17, 15) is 0 Å². The Balaban J connectivity index is 2.77. The van der Waals surface area contributed by atoms with Crippen LogP contribution in [0.2, 0.25) is 0 Å². The van der Waals surface area contributed by atoms with Gasteiger partial charge in [-0.1, -0.05) is 0 Å². The zero-order valence-corrected chi connectivity index (χ0v) is 5.74. The van der Waals surface area contributed by atoms with Crippen molar-refractivity contribution in [2.45, 2.75) is 6.92 Å². The Bertz CT molecular complexity index is 214. The molecule has 0 unspecified atom stereocenters. The predicted molar refractivity (Wildman–Crippen MR) is 38.0 cm³/mol. The number of hydrogen-bond acceptors (Lipinski definition) is 3. The molecule has 10 heavy (non-hydrogen) atoms. The highest BCUT2D eigenvalue weighted by molar-refractivity contribution is 5.96. The van der Waals surface area contributed by atoms with Crippen molar-refractivity contribution < 1.29 is 9.52 Å². The molecule has 0 spiro atoms. The molecule has 0 aliphatic carbocycles. The quantitative estimate of drug-likeness (QED) is 0.622. The molecule has 3 heteroatoms. The summed E-state index contributed by atoms with van der Waals surface area (Å²) in [4.78, 5) is 3.75. The maximum atomic E-state index is 8.41. The first-order chi connectivity index (χ1) is 4.84. The summed E-state index contributed by atoms with van der Waals surface area (Å²) < 4.78 is 5.01. The summed E-state index contributed by atoms with van der Waals surface area (Å²) in [6.45, 7) is 1.60. The van der Waals surface area contributed by atoms with Gasteiger partial charge in [0.15, 0.2) is 0 Å². The lowest BCUT2D eigenvalue weighted by atomic mass is 10.3. The molecule has 0 saturated carbocycles. The molecule has 54 valence electrons. The monoisotopic (exact) mass is 139 g/mol. The molecule has 0 atom stereocenters. The van der Waals surface area contributed by atoms with E-state index in [2.05, 4.69) is 4.99 Å². The Hall–Kier alpha value is -1.09. The van der Waals surface area contributed by atoms with Crippen LogP contribution in [0.3, 0.4) is 0 Å². The third-order valence-electron chi connectivity index (χ3n) is 1.19. The highest BCUT2D eigenvalue weighted by Crippen LogP contribution is 2.01. The van der Waals surface area contributed by atoms with Crippen LogP contribution in [0, 0.1) is 0 Å². The Labute approximate surface area is 59.0 Å². The predicted octanol–water partition coefficient (Wildman–Crippen LogP) is 1.04. The minimum Gasteiger partial charge on any atom is -0.463 e. The van der Waals surface area contributed by atoms with Gasteiger partial charge >= 0.3 is 0 Å². The number of furan rings is 1. The van der Waals surface area contributed by atoms with E-state index in [1.165, 1.54) is 0 Å². The van der Waals surface area contributed by atoms with Crippen molar-refractivity contribution in [1.82, 2.24) is 0 Å². The third kappa shape index (κ3) is 1.45. The van der Waals surface area contributed by atoms with Crippen molar-refractivity contribution in [3.63, 3.8) is 0 Å². The topological polar surface area (TPSA) is 45.7 Å². The Kier molecular flexibility index (Phi) is 2.23. The molecule has 0 aromatic carbocycles. The van der Waals surface area contributed by atoms with E-state index in [-0.39, 0.29) is 6.73 Å². The first kappa shape index (κ1) is 7.02. The molecule has 0 amide bonds. The van der Waals surface area contributed by atoms with E-state index in [4.69, 9.17) is 9.52 Å². The van der Waals surface area contributed by atoms with Gasteiger partial charge in [-0.15, -0.1) is 0 Å². The van der Waals surface area contributed by atoms with Crippen molar-refractivity contribution >= 4 is 5.71 Å². The van der Waals surface area contributed by atoms with Gasteiger partial charge in [0.1, 0.15) is 12.5 Å². The van der Waals surface area contributed by atoms with Gasteiger partial charge in [0.2, 0.25) is 0 Å². The van der Waals surface area contributed by atoms with Crippen molar-refractivity contribution in [2.24, 2.45) is 4.99 Å². The lowest BCUT2D eigenvalue weighted by molar-refractivity contribution is 0.309. The summed E-state index contributed by atoms with van der Waals surface area (Å²) >= 11 is 0. The molecule has 1 N–H and O–H groups in total. The van der Waals surface area contributed by atoms with Crippen LogP contribution < -0.4 is 0 Å². The van der Waals surface area contributed by atoms with E-state index >= 15 is 0 Å². The smallest absolute Gasteiger partial charge is 0.147 e. The van der Waals surface area contributed by atoms with Gasteiger partial charge in [-0.2, -0.15) is 0 Å². The summed E-state index contributed by atoms with van der Waals surface area (Å²) in [7, 11) is 0. The van der Waals surface area contributed by atoms with Crippen LogP contribution in [0.25, 0.3) is 0 Å². The lowest BCUT2D eigenvalue weighted by Crippen LogP contribution is -1.92. The number of aliphatic hydroxyl groups is 1. The highest BCUT2D eigenvalue weighted by atomic mass is 16.3. The lowest BCUT2D eigenvalue weighted by Gasteiger charge is -1.91. The summed E-state index contributed by atoms with van der Waals surface area (Å²) in [6.07, 6.45) is 1.58. The Morgan fingerprint density at radius 3 is 3.10 bits per heavy atom. The fourth-order valence-corrected chi connectivity index (χ4v) is 0.668. The first-order valence-electron chi connectivity index (χ1n) is 3.00. The zero-order chi connectivity index (χ0) is 7.40. The van der Waals surface area contributed by atoms with Gasteiger partial charge in [0.05, 0.1) is 12.0 Å². The fourth-order valence-electron chi connectivity index (χ4n) is 0.668. The van der Waals surface area contributed by atoms with Crippen molar-refractivity contribution in [3.8, 4) is 0 Å². The maximum Gasteiger partial charge on any atom is 0.147 e. The highest BCUT2D eigenvalue weighted by Gasteiger charge is 1.96. The van der Waals surface area contributed by atoms with Crippen LogP contribution in [0.5, 0.6) is 0 Å². The number of nitrogens with zero attached hydrogens (tertiary/aromatic N) is 1. The molecular weight excluding hydrogens is 130 g/mol. The molecule has 0 aliphatic rings. The standard InChI is InChI=1S/C7H9NO2/c1-6(8-5-9)7-3-2-4-10-7/h2-4,9H,5H2,1H3/b8-6-. The fraction of sp³-hybridized carbons (Fsp3) is 0.286. The summed E-state index contributed by atoms with van der Waals surface area (Å²) in [5.41, 5.74) is 0.715. The Morgan fingerprint density at radius 1 is 1.80 bits per heavy atom. The van der Waals surface area contributed by atoms with Gasteiger partial charge in [0.25, 0.3) is 0 Å². The van der Waals surface area contributed by atoms with E-state index in [0.717, 1.165) is 0 Å². The second-order valence-corrected chi connectivity index (χ2v) is 1.86. The van der Waals surface area contributed by atoms with Crippen LogP contribution >= 0.6 is 0 Å². The van der Waals surface area contributed by atoms with Crippen LogP contribution in [-0.2, 0) is 0 Å². The number of aliphatic imine (C=N–C) groups is 1. The Morgan fingerprint density at radius 2 is 2.60 bits per heavy atom. The number of hydrogen-bond donors (Lipinski definition) is 1. The first-order valence-corrected chi connectivity index (χ1v) is 3.00. The molecule has 1 heterocycles. The molecular formula is C7H9NO2. The molecule has 1 aromatic heterocycles. The normalized spacial score (nSPS) is 12.0. The van der Waals surface area contributed by atoms with E-state index in [1.807, 2.05) is 0 Å². The molecule has 1 rings (SSSR count). The summed E-state index contributed by atoms with van der Waals surface area (Å²) in [6, 6.07) is 3.58. The zero-order valence-electron chi connectivity index (χ0n) is 5.74. The number of aliphatic hydroxyl groups excluding tert-OH is 1. The summed E-state index contributed by atoms with van der Waals surface area (Å²) in [5.74, 6) is 0.703. The largest absolute Gasteiger partial charge is 0.463 e. The molecule has 1 aromatic rings. The third-order valence-corrected chi connectivity index (χ3v) is 1.19. The van der Waals surface area contributed by atoms with Crippen molar-refractivity contribution in [2.75, 3.05) is 6.73 Å². The van der Waals surface area contributed by atoms with Gasteiger partial charge in [-0.05, 0) is 19.1 Å². The molecule has 3 nitrogen and oxygen atoms in total. The van der Waals surface area contributed by atoms with E-state index < -0.39 is 0 Å². The average Bonchev–Trinajstić information content (AvgIpc) is 2.38. The summed E-state index contributed by atoms with van der Waals surface area (Å²) in [5, 5.41) is 8.41. The maximum absolute atomic E-state index is 8.41. The van der Waals surface area contributed by atoms with Gasteiger partial charge in [0, 0.05) is 0 Å². The van der Waals surface area contributed by atoms with Gasteiger partial charge in [-0.25, -0.2) is 0 Å². The van der Waals surface area contributed by atoms with Crippen molar-refractivity contribution in [1.29, 1.82) is 0 Å². The SMILES string of the molecule is C/C(=N/CO)c1ccco1. The average molecular weight is 139 g/mol. The molecule has 0 saturated heterocycles. The van der Waals surface area contributed by atoms with Crippen LogP contribution in [0.4, 0.5) is 0 Å². The minimum absolute atomic E-state index is 0.188. The van der Waals surface area contributed by atoms with Crippen LogP contribution in [0.15, 0.2) is 27.8 Å². The minimum atomic E-state index is -0.188. The molecule has 0 fully saturated rings. The van der Waals surface area contributed by atoms with E-state index in [1.54, 1.807) is 25.3 Å². The van der Waals surface area contributed by atoms with Gasteiger partial charge < -0.3 is 9.52 Å². The van der Waals surface area contributed by atoms with Crippen LogP contribution in [0.1, 0.15) is 12.7 Å².